The number of halogens is 1. The van der Waals surface area contributed by atoms with Crippen molar-refractivity contribution < 1.29 is 8.42 Å². The first-order valence-electron chi connectivity index (χ1n) is 6.98. The second-order valence-corrected chi connectivity index (χ2v) is 10.7. The highest BCUT2D eigenvalue weighted by Gasteiger charge is 2.21. The van der Waals surface area contributed by atoms with E-state index in [1.54, 1.807) is 12.1 Å². The molecule has 0 aliphatic rings. The molecule has 0 aliphatic heterocycles. The summed E-state index contributed by atoms with van der Waals surface area (Å²) in [5.74, 6) is 0. The molecule has 2 aromatic rings. The van der Waals surface area contributed by atoms with Crippen LogP contribution in [-0.4, -0.2) is 8.42 Å². The number of nitrogens with one attached hydrogen (secondary N) is 1. The van der Waals surface area contributed by atoms with E-state index in [2.05, 4.69) is 53.6 Å². The zero-order chi connectivity index (χ0) is 16.5. The molecule has 0 saturated heterocycles. The lowest BCUT2D eigenvalue weighted by molar-refractivity contribution is 0.568. The minimum Gasteiger partial charge on any atom is -0.206 e. The molecule has 0 radical (unpaired) electrons. The Labute approximate surface area is 144 Å². The van der Waals surface area contributed by atoms with Gasteiger partial charge in [0.25, 0.3) is 10.0 Å². The Bertz CT molecular complexity index is 743. The Morgan fingerprint density at radius 1 is 1.09 bits per heavy atom. The highest BCUT2D eigenvalue weighted by Crippen LogP contribution is 2.28. The number of benzene rings is 1. The second-order valence-electron chi connectivity index (χ2n) is 6.27. The van der Waals surface area contributed by atoms with E-state index in [0.717, 1.165) is 9.35 Å². The van der Waals surface area contributed by atoms with Gasteiger partial charge in [0.15, 0.2) is 0 Å². The fraction of sp³-hybridized carbons (Fsp3) is 0.375. The van der Waals surface area contributed by atoms with Crippen molar-refractivity contribution in [3.05, 3.63) is 51.3 Å². The Hall–Kier alpha value is -0.690. The van der Waals surface area contributed by atoms with Gasteiger partial charge in [-0.1, -0.05) is 45.0 Å². The van der Waals surface area contributed by atoms with Crippen LogP contribution in [0, 0.1) is 0 Å². The Balaban J connectivity index is 2.17. The molecule has 0 spiro atoms. The van der Waals surface area contributed by atoms with Crippen molar-refractivity contribution >= 4 is 37.3 Å². The van der Waals surface area contributed by atoms with Crippen LogP contribution in [0.25, 0.3) is 0 Å². The molecule has 3 nitrogen and oxygen atoms in total. The van der Waals surface area contributed by atoms with E-state index < -0.39 is 10.0 Å². The summed E-state index contributed by atoms with van der Waals surface area (Å²) in [6, 6.07) is 11.1. The Morgan fingerprint density at radius 3 is 2.14 bits per heavy atom. The summed E-state index contributed by atoms with van der Waals surface area (Å²) < 4.78 is 28.5. The monoisotopic (exact) mass is 401 g/mol. The molecule has 6 heteroatoms. The summed E-state index contributed by atoms with van der Waals surface area (Å²) in [5.41, 5.74) is 2.27. The molecule has 1 unspecified atom stereocenters. The van der Waals surface area contributed by atoms with Gasteiger partial charge in [0.05, 0.1) is 3.79 Å². The van der Waals surface area contributed by atoms with Gasteiger partial charge in [-0.15, -0.1) is 11.3 Å². The first kappa shape index (κ1) is 17.7. The highest BCUT2D eigenvalue weighted by molar-refractivity contribution is 9.11. The highest BCUT2D eigenvalue weighted by atomic mass is 79.9. The van der Waals surface area contributed by atoms with E-state index in [9.17, 15) is 8.42 Å². The maximum atomic E-state index is 12.3. The van der Waals surface area contributed by atoms with Crippen LogP contribution in [0.15, 0.2) is 44.4 Å². The predicted octanol–water partition coefficient (Wildman–Crippen LogP) is 4.85. The van der Waals surface area contributed by atoms with Crippen molar-refractivity contribution in [1.29, 1.82) is 0 Å². The van der Waals surface area contributed by atoms with Gasteiger partial charge >= 0.3 is 0 Å². The molecule has 1 aromatic carbocycles. The van der Waals surface area contributed by atoms with Crippen molar-refractivity contribution in [2.24, 2.45) is 0 Å². The van der Waals surface area contributed by atoms with E-state index in [0.29, 0.717) is 4.21 Å². The molecule has 2 rings (SSSR count). The summed E-state index contributed by atoms with van der Waals surface area (Å²) in [6.45, 7) is 8.32. The van der Waals surface area contributed by atoms with Gasteiger partial charge in [0, 0.05) is 6.04 Å². The third kappa shape index (κ3) is 4.19. The largest absolute Gasteiger partial charge is 0.250 e. The Kier molecular flexibility index (Phi) is 5.16. The third-order valence-electron chi connectivity index (χ3n) is 3.42. The molecular weight excluding hydrogens is 382 g/mol. The topological polar surface area (TPSA) is 46.2 Å². The molecule has 120 valence electrons. The van der Waals surface area contributed by atoms with Gasteiger partial charge in [-0.25, -0.2) is 13.1 Å². The fourth-order valence-corrected chi connectivity index (χ4v) is 5.33. The normalized spacial score (nSPS) is 14.0. The van der Waals surface area contributed by atoms with Gasteiger partial charge in [-0.05, 0) is 51.5 Å². The van der Waals surface area contributed by atoms with Crippen molar-refractivity contribution in [3.8, 4) is 0 Å². The van der Waals surface area contributed by atoms with Crippen LogP contribution in [0.5, 0.6) is 0 Å². The van der Waals surface area contributed by atoms with Crippen LogP contribution in [0.2, 0.25) is 0 Å². The minimum absolute atomic E-state index is 0.0878. The van der Waals surface area contributed by atoms with Crippen LogP contribution < -0.4 is 4.72 Å². The van der Waals surface area contributed by atoms with E-state index in [1.165, 1.54) is 16.9 Å². The summed E-state index contributed by atoms with van der Waals surface area (Å²) in [6.07, 6.45) is 0. The lowest BCUT2D eigenvalue weighted by Gasteiger charge is -2.20. The summed E-state index contributed by atoms with van der Waals surface area (Å²) in [7, 11) is -3.49. The van der Waals surface area contributed by atoms with E-state index in [-0.39, 0.29) is 11.5 Å². The summed E-state index contributed by atoms with van der Waals surface area (Å²) in [5, 5.41) is 0. The van der Waals surface area contributed by atoms with Crippen molar-refractivity contribution in [3.63, 3.8) is 0 Å². The fourth-order valence-electron chi connectivity index (χ4n) is 2.07. The lowest BCUT2D eigenvalue weighted by Crippen LogP contribution is -2.26. The maximum absolute atomic E-state index is 12.3. The Morgan fingerprint density at radius 2 is 1.68 bits per heavy atom. The average molecular weight is 402 g/mol. The predicted molar refractivity (Wildman–Crippen MR) is 95.9 cm³/mol. The van der Waals surface area contributed by atoms with Crippen molar-refractivity contribution in [2.45, 2.75) is 43.4 Å². The molecule has 1 N–H and O–H groups in total. The van der Waals surface area contributed by atoms with Gasteiger partial charge in [0.2, 0.25) is 0 Å². The minimum atomic E-state index is -3.49. The molecule has 0 amide bonds. The molecule has 22 heavy (non-hydrogen) atoms. The number of thiophene rings is 1. The summed E-state index contributed by atoms with van der Waals surface area (Å²) >= 11 is 4.49. The zero-order valence-corrected chi connectivity index (χ0v) is 16.3. The SMILES string of the molecule is CC(NS(=O)(=O)c1ccc(Br)s1)c1ccc(C(C)(C)C)cc1. The third-order valence-corrected chi connectivity index (χ3v) is 7.08. The first-order valence-corrected chi connectivity index (χ1v) is 10.1. The first-order chi connectivity index (χ1) is 10.1. The number of sulfonamides is 1. The van der Waals surface area contributed by atoms with Crippen LogP contribution in [-0.2, 0) is 15.4 Å². The van der Waals surface area contributed by atoms with E-state index >= 15 is 0 Å². The maximum Gasteiger partial charge on any atom is 0.250 e. The van der Waals surface area contributed by atoms with Crippen molar-refractivity contribution in [2.75, 3.05) is 0 Å². The molecule has 0 saturated carbocycles. The van der Waals surface area contributed by atoms with Crippen LogP contribution in [0.1, 0.15) is 44.9 Å². The van der Waals surface area contributed by atoms with E-state index in [1.807, 2.05) is 19.1 Å². The van der Waals surface area contributed by atoms with E-state index in [4.69, 9.17) is 0 Å². The molecule has 1 atom stereocenters. The van der Waals surface area contributed by atoms with Gasteiger partial charge in [-0.2, -0.15) is 0 Å². The number of hydrogen-bond acceptors (Lipinski definition) is 3. The molecule has 0 bridgehead atoms. The smallest absolute Gasteiger partial charge is 0.206 e. The van der Waals surface area contributed by atoms with Gasteiger partial charge in [-0.3, -0.25) is 0 Å². The van der Waals surface area contributed by atoms with Gasteiger partial charge in [0.1, 0.15) is 4.21 Å². The number of hydrogen-bond donors (Lipinski definition) is 1. The van der Waals surface area contributed by atoms with Crippen LogP contribution in [0.3, 0.4) is 0 Å². The molecule has 0 aliphatic carbocycles. The van der Waals surface area contributed by atoms with Gasteiger partial charge < -0.3 is 0 Å². The quantitative estimate of drug-likeness (QED) is 0.795. The van der Waals surface area contributed by atoms with Crippen LogP contribution in [0.4, 0.5) is 0 Å². The molecular formula is C16H20BrNO2S2. The molecule has 1 aromatic heterocycles. The lowest BCUT2D eigenvalue weighted by atomic mass is 9.86. The average Bonchev–Trinajstić information content (AvgIpc) is 2.85. The molecule has 0 fully saturated rings. The van der Waals surface area contributed by atoms with Crippen molar-refractivity contribution in [1.82, 2.24) is 4.72 Å². The van der Waals surface area contributed by atoms with Crippen LogP contribution >= 0.6 is 27.3 Å². The summed E-state index contributed by atoms with van der Waals surface area (Å²) in [4.78, 5) is 0. The zero-order valence-electron chi connectivity index (χ0n) is 13.1. The standard InChI is InChI=1S/C16H20BrNO2S2/c1-11(12-5-7-13(8-6-12)16(2,3)4)18-22(19,20)15-10-9-14(17)21-15/h5-11,18H,1-4H3. The number of rotatable bonds is 4. The molecule has 1 heterocycles. The second kappa shape index (κ2) is 6.43.